The predicted molar refractivity (Wildman–Crippen MR) is 111 cm³/mol. The molecular weight excluding hydrogens is 364 g/mol. The van der Waals surface area contributed by atoms with E-state index in [0.717, 1.165) is 42.5 Å². The van der Waals surface area contributed by atoms with Crippen LogP contribution in [-0.4, -0.2) is 62.9 Å². The molecular formula is C18H26N6O2S. The highest BCUT2D eigenvalue weighted by atomic mass is 32.2. The molecule has 3 aliphatic rings. The van der Waals surface area contributed by atoms with Crippen LogP contribution in [0.4, 0.5) is 0 Å². The Hall–Kier alpha value is -2.10. The number of amidine groups is 2. The molecule has 0 aromatic carbocycles. The van der Waals surface area contributed by atoms with Crippen molar-refractivity contribution in [3.8, 4) is 0 Å². The zero-order valence-corrected chi connectivity index (χ0v) is 16.3. The molecule has 1 atom stereocenters. The summed E-state index contributed by atoms with van der Waals surface area (Å²) in [7, 11) is 1.66. The minimum absolute atomic E-state index is 0.171. The molecule has 0 saturated carbocycles. The largest absolute Gasteiger partial charge is 0.462 e. The summed E-state index contributed by atoms with van der Waals surface area (Å²) < 4.78 is 11.3. The molecule has 3 N–H and O–H groups in total. The molecule has 146 valence electrons. The Balaban J connectivity index is 1.67. The SMILES string of the molecule is C=C/C=N\C1=CN/C(=N/C2C=C(COC)NC(OC3CCNCC3)=N2)CS1. The highest BCUT2D eigenvalue weighted by Crippen LogP contribution is 2.20. The quantitative estimate of drug-likeness (QED) is 0.593. The van der Waals surface area contributed by atoms with Gasteiger partial charge in [0, 0.05) is 25.2 Å². The van der Waals surface area contributed by atoms with Crippen LogP contribution >= 0.6 is 11.8 Å². The highest BCUT2D eigenvalue weighted by Gasteiger charge is 2.21. The van der Waals surface area contributed by atoms with Gasteiger partial charge in [0.05, 0.1) is 12.4 Å². The second-order valence-electron chi connectivity index (χ2n) is 6.17. The second-order valence-corrected chi connectivity index (χ2v) is 7.17. The Kier molecular flexibility index (Phi) is 7.49. The van der Waals surface area contributed by atoms with Gasteiger partial charge in [0.1, 0.15) is 17.0 Å². The van der Waals surface area contributed by atoms with Crippen molar-refractivity contribution in [2.45, 2.75) is 25.1 Å². The van der Waals surface area contributed by atoms with E-state index in [1.54, 1.807) is 31.2 Å². The molecule has 3 heterocycles. The molecule has 0 aromatic rings. The van der Waals surface area contributed by atoms with E-state index in [-0.39, 0.29) is 12.3 Å². The minimum atomic E-state index is -0.345. The molecule has 0 radical (unpaired) electrons. The smallest absolute Gasteiger partial charge is 0.291 e. The molecule has 1 fully saturated rings. The standard InChI is InChI=1S/C18H26N6O2S/c1-3-6-20-17-10-21-16(12-27-17)23-15-9-13(11-25-2)22-18(24-15)26-14-4-7-19-8-5-14/h3,6,9-10,14-15,19H,1,4-5,7-8,11-12H2,2H3,(H,21,23)(H,22,24)/b20-6-. The van der Waals surface area contributed by atoms with Crippen LogP contribution in [0.25, 0.3) is 0 Å². The van der Waals surface area contributed by atoms with E-state index in [9.17, 15) is 0 Å². The number of hydrogen-bond acceptors (Lipinski definition) is 8. The van der Waals surface area contributed by atoms with E-state index in [0.29, 0.717) is 18.4 Å². The number of allylic oxidation sites excluding steroid dienone is 1. The molecule has 0 spiro atoms. The van der Waals surface area contributed by atoms with Crippen LogP contribution in [0.5, 0.6) is 0 Å². The Morgan fingerprint density at radius 3 is 2.96 bits per heavy atom. The molecule has 3 aliphatic heterocycles. The first kappa shape index (κ1) is 19.7. The van der Waals surface area contributed by atoms with Gasteiger partial charge in [-0.15, -0.1) is 0 Å². The van der Waals surface area contributed by atoms with Gasteiger partial charge >= 0.3 is 0 Å². The van der Waals surface area contributed by atoms with Crippen LogP contribution in [-0.2, 0) is 9.47 Å². The molecule has 1 unspecified atom stereocenters. The highest BCUT2D eigenvalue weighted by molar-refractivity contribution is 8.03. The van der Waals surface area contributed by atoms with Gasteiger partial charge in [0.2, 0.25) is 0 Å². The topological polar surface area (TPSA) is 91.6 Å². The molecule has 9 heteroatoms. The van der Waals surface area contributed by atoms with Crippen molar-refractivity contribution < 1.29 is 9.47 Å². The van der Waals surface area contributed by atoms with Gasteiger partial charge in [-0.3, -0.25) is 0 Å². The van der Waals surface area contributed by atoms with Crippen LogP contribution in [0.15, 0.2) is 50.6 Å². The summed E-state index contributed by atoms with van der Waals surface area (Å²) in [5.74, 6) is 1.56. The van der Waals surface area contributed by atoms with Crippen molar-refractivity contribution in [2.75, 3.05) is 32.6 Å². The fourth-order valence-corrected chi connectivity index (χ4v) is 3.51. The molecule has 0 bridgehead atoms. The Morgan fingerprint density at radius 1 is 1.41 bits per heavy atom. The third kappa shape index (κ3) is 6.23. The number of rotatable bonds is 6. The van der Waals surface area contributed by atoms with Gasteiger partial charge in [0.25, 0.3) is 6.02 Å². The first-order valence-electron chi connectivity index (χ1n) is 9.00. The van der Waals surface area contributed by atoms with Crippen LogP contribution < -0.4 is 16.0 Å². The zero-order chi connectivity index (χ0) is 18.9. The fraction of sp³-hybridized carbons (Fsp3) is 0.500. The van der Waals surface area contributed by atoms with E-state index < -0.39 is 0 Å². The number of nitrogens with one attached hydrogen (secondary N) is 3. The zero-order valence-electron chi connectivity index (χ0n) is 15.5. The number of aliphatic imine (C=N–C) groups is 3. The lowest BCUT2D eigenvalue weighted by Gasteiger charge is -2.27. The molecule has 1 saturated heterocycles. The maximum atomic E-state index is 6.06. The maximum absolute atomic E-state index is 6.06. The van der Waals surface area contributed by atoms with E-state index in [1.807, 2.05) is 12.3 Å². The molecule has 27 heavy (non-hydrogen) atoms. The molecule has 0 aliphatic carbocycles. The summed E-state index contributed by atoms with van der Waals surface area (Å²) in [6.45, 7) is 6.02. The second kappa shape index (κ2) is 10.3. The summed E-state index contributed by atoms with van der Waals surface area (Å²) >= 11 is 1.61. The van der Waals surface area contributed by atoms with Crippen molar-refractivity contribution >= 4 is 29.8 Å². The average molecular weight is 391 g/mol. The van der Waals surface area contributed by atoms with Crippen LogP contribution in [0, 0.1) is 0 Å². The molecule has 8 nitrogen and oxygen atoms in total. The van der Waals surface area contributed by atoms with Gasteiger partial charge in [-0.05, 0) is 32.0 Å². The summed E-state index contributed by atoms with van der Waals surface area (Å²) in [5.41, 5.74) is 0.904. The lowest BCUT2D eigenvalue weighted by molar-refractivity contribution is 0.140. The Morgan fingerprint density at radius 2 is 2.26 bits per heavy atom. The van der Waals surface area contributed by atoms with Crippen LogP contribution in [0.3, 0.4) is 0 Å². The van der Waals surface area contributed by atoms with Crippen molar-refractivity contribution in [1.29, 1.82) is 0 Å². The Bertz CT molecular complexity index is 679. The van der Waals surface area contributed by atoms with E-state index in [4.69, 9.17) is 14.5 Å². The normalized spacial score (nSPS) is 25.3. The maximum Gasteiger partial charge on any atom is 0.291 e. The molecule has 0 amide bonds. The van der Waals surface area contributed by atoms with Crippen molar-refractivity contribution in [1.82, 2.24) is 16.0 Å². The Labute approximate surface area is 164 Å². The van der Waals surface area contributed by atoms with Crippen molar-refractivity contribution in [2.24, 2.45) is 15.0 Å². The number of methoxy groups -OCH3 is 1. The number of piperidine rings is 1. The van der Waals surface area contributed by atoms with E-state index >= 15 is 0 Å². The first-order chi connectivity index (χ1) is 13.3. The third-order valence-electron chi connectivity index (χ3n) is 4.05. The summed E-state index contributed by atoms with van der Waals surface area (Å²) in [5, 5.41) is 10.6. The number of hydrogen-bond donors (Lipinski definition) is 3. The minimum Gasteiger partial charge on any atom is -0.462 e. The predicted octanol–water partition coefficient (Wildman–Crippen LogP) is 1.36. The van der Waals surface area contributed by atoms with Gasteiger partial charge < -0.3 is 25.4 Å². The van der Waals surface area contributed by atoms with Crippen LogP contribution in [0.1, 0.15) is 12.8 Å². The van der Waals surface area contributed by atoms with Crippen molar-refractivity contribution in [3.63, 3.8) is 0 Å². The van der Waals surface area contributed by atoms with E-state index in [2.05, 4.69) is 32.5 Å². The van der Waals surface area contributed by atoms with Gasteiger partial charge in [-0.1, -0.05) is 24.4 Å². The summed E-state index contributed by atoms with van der Waals surface area (Å²) in [4.78, 5) is 13.6. The molecule has 0 aromatic heterocycles. The monoisotopic (exact) mass is 390 g/mol. The third-order valence-corrected chi connectivity index (χ3v) is 4.98. The number of nitrogens with zero attached hydrogens (tertiary/aromatic N) is 3. The summed E-state index contributed by atoms with van der Waals surface area (Å²) in [6.07, 6.45) is 8.88. The first-order valence-corrected chi connectivity index (χ1v) is 9.98. The number of thioether (sulfide) groups is 1. The average Bonchev–Trinajstić information content (AvgIpc) is 2.68. The number of ether oxygens (including phenoxy) is 2. The summed E-state index contributed by atoms with van der Waals surface area (Å²) in [6, 6.07) is 0.515. The van der Waals surface area contributed by atoms with Gasteiger partial charge in [-0.2, -0.15) is 0 Å². The molecule has 3 rings (SSSR count). The lowest BCUT2D eigenvalue weighted by atomic mass is 10.1. The van der Waals surface area contributed by atoms with Crippen LogP contribution in [0.2, 0.25) is 0 Å². The van der Waals surface area contributed by atoms with Gasteiger partial charge in [0.15, 0.2) is 6.17 Å². The van der Waals surface area contributed by atoms with Crippen molar-refractivity contribution in [3.05, 3.63) is 35.7 Å². The van der Waals surface area contributed by atoms with E-state index in [1.165, 1.54) is 0 Å². The lowest BCUT2D eigenvalue weighted by Crippen LogP contribution is -2.40. The fourth-order valence-electron chi connectivity index (χ4n) is 2.79. The van der Waals surface area contributed by atoms with Gasteiger partial charge in [-0.25, -0.2) is 15.0 Å².